The summed E-state index contributed by atoms with van der Waals surface area (Å²) in [6.45, 7) is 1.57. The van der Waals surface area contributed by atoms with E-state index in [1.807, 2.05) is 0 Å². The molecule has 1 aromatic rings. The van der Waals surface area contributed by atoms with E-state index in [9.17, 15) is 13.6 Å². The smallest absolute Gasteiger partial charge is 0.304 e. The van der Waals surface area contributed by atoms with Gasteiger partial charge in [0.05, 0.1) is 22.9 Å². The number of carboxylic acid groups (broad SMARTS) is 1. The Morgan fingerprint density at radius 2 is 2.06 bits per heavy atom. The van der Waals surface area contributed by atoms with E-state index in [4.69, 9.17) is 10.4 Å². The van der Waals surface area contributed by atoms with Crippen LogP contribution in [0.15, 0.2) is 17.0 Å². The standard InChI is InChI=1S/C11H9F2NO2S/c1-6(2-10(15)16)17-11-8(12)3-7(5-14)4-9(11)13/h3-4,6H,2H2,1H3,(H,15,16). The summed E-state index contributed by atoms with van der Waals surface area (Å²) < 4.78 is 26.9. The van der Waals surface area contributed by atoms with Gasteiger partial charge in [0, 0.05) is 5.25 Å². The van der Waals surface area contributed by atoms with Crippen LogP contribution in [0.3, 0.4) is 0 Å². The first-order valence-electron chi connectivity index (χ1n) is 4.71. The molecule has 0 fully saturated rings. The lowest BCUT2D eigenvalue weighted by molar-refractivity contribution is -0.136. The summed E-state index contributed by atoms with van der Waals surface area (Å²) in [6.07, 6.45) is -0.191. The van der Waals surface area contributed by atoms with Crippen LogP contribution in [0, 0.1) is 23.0 Å². The van der Waals surface area contributed by atoms with E-state index >= 15 is 0 Å². The van der Waals surface area contributed by atoms with Crippen molar-refractivity contribution in [3.8, 4) is 6.07 Å². The summed E-state index contributed by atoms with van der Waals surface area (Å²) in [5, 5.41) is 16.6. The summed E-state index contributed by atoms with van der Waals surface area (Å²) in [5.74, 6) is -2.72. The molecular weight excluding hydrogens is 248 g/mol. The molecule has 1 unspecified atom stereocenters. The van der Waals surface area contributed by atoms with Crippen molar-refractivity contribution in [2.75, 3.05) is 0 Å². The zero-order valence-corrected chi connectivity index (χ0v) is 9.72. The van der Waals surface area contributed by atoms with Crippen LogP contribution in [-0.4, -0.2) is 16.3 Å². The van der Waals surface area contributed by atoms with Gasteiger partial charge in [0.2, 0.25) is 0 Å². The predicted molar refractivity (Wildman–Crippen MR) is 58.6 cm³/mol. The summed E-state index contributed by atoms with van der Waals surface area (Å²) in [6, 6.07) is 3.50. The van der Waals surface area contributed by atoms with Crippen molar-refractivity contribution in [2.45, 2.75) is 23.5 Å². The molecule has 0 radical (unpaired) electrons. The van der Waals surface area contributed by atoms with Crippen LogP contribution in [0.4, 0.5) is 8.78 Å². The highest BCUT2D eigenvalue weighted by atomic mass is 32.2. The molecule has 0 aliphatic rings. The van der Waals surface area contributed by atoms with Gasteiger partial charge in [-0.2, -0.15) is 5.26 Å². The molecule has 0 aromatic heterocycles. The van der Waals surface area contributed by atoms with Gasteiger partial charge < -0.3 is 5.11 Å². The normalized spacial score (nSPS) is 11.9. The first-order chi connectivity index (χ1) is 7.93. The molecule has 0 heterocycles. The number of carboxylic acids is 1. The molecule has 0 saturated heterocycles. The number of rotatable bonds is 4. The van der Waals surface area contributed by atoms with Gasteiger partial charge in [-0.1, -0.05) is 6.92 Å². The van der Waals surface area contributed by atoms with Crippen molar-refractivity contribution >= 4 is 17.7 Å². The maximum atomic E-state index is 13.4. The first-order valence-corrected chi connectivity index (χ1v) is 5.59. The average Bonchev–Trinajstić information content (AvgIpc) is 2.22. The second-order valence-corrected chi connectivity index (χ2v) is 4.86. The highest BCUT2D eigenvalue weighted by Crippen LogP contribution is 2.30. The minimum Gasteiger partial charge on any atom is -0.481 e. The Balaban J connectivity index is 2.92. The number of aliphatic carboxylic acids is 1. The number of thioether (sulfide) groups is 1. The number of hydrogen-bond acceptors (Lipinski definition) is 3. The van der Waals surface area contributed by atoms with Gasteiger partial charge in [-0.25, -0.2) is 8.78 Å². The Morgan fingerprint density at radius 3 is 2.47 bits per heavy atom. The summed E-state index contributed by atoms with van der Waals surface area (Å²) in [7, 11) is 0. The van der Waals surface area contributed by atoms with Gasteiger partial charge in [-0.15, -0.1) is 11.8 Å². The molecule has 0 aliphatic carbocycles. The van der Waals surface area contributed by atoms with Crippen molar-refractivity contribution in [1.29, 1.82) is 5.26 Å². The van der Waals surface area contributed by atoms with Gasteiger partial charge in [0.1, 0.15) is 11.6 Å². The third-order valence-electron chi connectivity index (χ3n) is 1.91. The van der Waals surface area contributed by atoms with Gasteiger partial charge in [0.25, 0.3) is 0 Å². The van der Waals surface area contributed by atoms with Crippen LogP contribution in [0.1, 0.15) is 18.9 Å². The Labute approximate surface area is 101 Å². The van der Waals surface area contributed by atoms with E-state index < -0.39 is 22.9 Å². The van der Waals surface area contributed by atoms with E-state index in [0.717, 1.165) is 23.9 Å². The number of halogens is 2. The maximum absolute atomic E-state index is 13.4. The van der Waals surface area contributed by atoms with Crippen LogP contribution < -0.4 is 0 Å². The lowest BCUT2D eigenvalue weighted by Gasteiger charge is -2.10. The Hall–Kier alpha value is -1.61. The Morgan fingerprint density at radius 1 is 1.53 bits per heavy atom. The number of benzene rings is 1. The van der Waals surface area contributed by atoms with Crippen molar-refractivity contribution in [1.82, 2.24) is 0 Å². The molecule has 17 heavy (non-hydrogen) atoms. The number of nitriles is 1. The largest absolute Gasteiger partial charge is 0.481 e. The Bertz CT molecular complexity index is 462. The summed E-state index contributed by atoms with van der Waals surface area (Å²) in [5.41, 5.74) is -0.102. The lowest BCUT2D eigenvalue weighted by Crippen LogP contribution is -2.06. The second kappa shape index (κ2) is 5.64. The summed E-state index contributed by atoms with van der Waals surface area (Å²) in [4.78, 5) is 10.2. The maximum Gasteiger partial charge on any atom is 0.304 e. The van der Waals surface area contributed by atoms with Gasteiger partial charge in [0.15, 0.2) is 0 Å². The summed E-state index contributed by atoms with van der Waals surface area (Å²) >= 11 is 0.804. The lowest BCUT2D eigenvalue weighted by atomic mass is 10.2. The highest BCUT2D eigenvalue weighted by Gasteiger charge is 2.16. The van der Waals surface area contributed by atoms with E-state index in [1.165, 1.54) is 0 Å². The predicted octanol–water partition coefficient (Wildman–Crippen LogP) is 2.79. The average molecular weight is 257 g/mol. The molecule has 0 aliphatic heterocycles. The zero-order chi connectivity index (χ0) is 13.0. The van der Waals surface area contributed by atoms with Crippen molar-refractivity contribution in [3.05, 3.63) is 29.3 Å². The third-order valence-corrected chi connectivity index (χ3v) is 3.10. The van der Waals surface area contributed by atoms with E-state index in [1.54, 1.807) is 13.0 Å². The molecule has 0 bridgehead atoms. The van der Waals surface area contributed by atoms with Gasteiger partial charge in [-0.05, 0) is 12.1 Å². The SMILES string of the molecule is CC(CC(=O)O)Sc1c(F)cc(C#N)cc1F. The second-order valence-electron chi connectivity index (χ2n) is 3.41. The number of nitrogens with zero attached hydrogens (tertiary/aromatic N) is 1. The van der Waals surface area contributed by atoms with Crippen LogP contribution >= 0.6 is 11.8 Å². The minimum absolute atomic E-state index is 0.102. The minimum atomic E-state index is -1.03. The molecule has 90 valence electrons. The topological polar surface area (TPSA) is 61.1 Å². The quantitative estimate of drug-likeness (QED) is 0.842. The molecule has 6 heteroatoms. The third kappa shape index (κ3) is 3.71. The number of hydrogen-bond donors (Lipinski definition) is 1. The first kappa shape index (κ1) is 13.5. The van der Waals surface area contributed by atoms with Crippen molar-refractivity contribution in [3.63, 3.8) is 0 Å². The molecular formula is C11H9F2NO2S. The molecule has 0 saturated carbocycles. The fourth-order valence-corrected chi connectivity index (χ4v) is 2.20. The monoisotopic (exact) mass is 257 g/mol. The van der Waals surface area contributed by atoms with Crippen LogP contribution in [-0.2, 0) is 4.79 Å². The molecule has 1 N–H and O–H groups in total. The van der Waals surface area contributed by atoms with Crippen LogP contribution in [0.5, 0.6) is 0 Å². The van der Waals surface area contributed by atoms with E-state index in [-0.39, 0.29) is 16.9 Å². The van der Waals surface area contributed by atoms with Crippen LogP contribution in [0.25, 0.3) is 0 Å². The fourth-order valence-electron chi connectivity index (χ4n) is 1.23. The van der Waals surface area contributed by atoms with E-state index in [0.29, 0.717) is 0 Å². The van der Waals surface area contributed by atoms with Gasteiger partial charge >= 0.3 is 5.97 Å². The number of carbonyl (C=O) groups is 1. The highest BCUT2D eigenvalue weighted by molar-refractivity contribution is 8.00. The molecule has 3 nitrogen and oxygen atoms in total. The molecule has 1 rings (SSSR count). The molecule has 0 amide bonds. The molecule has 1 aromatic carbocycles. The Kier molecular flexibility index (Phi) is 4.46. The van der Waals surface area contributed by atoms with Crippen molar-refractivity contribution < 1.29 is 18.7 Å². The van der Waals surface area contributed by atoms with Gasteiger partial charge in [-0.3, -0.25) is 4.79 Å². The molecule has 1 atom stereocenters. The zero-order valence-electron chi connectivity index (χ0n) is 8.91. The van der Waals surface area contributed by atoms with E-state index in [2.05, 4.69) is 0 Å². The molecule has 0 spiro atoms. The fraction of sp³-hybridized carbons (Fsp3) is 0.273. The van der Waals surface area contributed by atoms with Crippen LogP contribution in [0.2, 0.25) is 0 Å². The van der Waals surface area contributed by atoms with Crippen molar-refractivity contribution in [2.24, 2.45) is 0 Å².